The van der Waals surface area contributed by atoms with Crippen molar-refractivity contribution in [2.24, 2.45) is 5.73 Å². The Morgan fingerprint density at radius 3 is 2.12 bits per heavy atom. The van der Waals surface area contributed by atoms with Crippen LogP contribution in [0.1, 0.15) is 10.5 Å². The van der Waals surface area contributed by atoms with Crippen LogP contribution in [0.15, 0.2) is 72.8 Å². The first kappa shape index (κ1) is 14.1. The molecule has 0 saturated heterocycles. The molecule has 0 unspecified atom stereocenters. The van der Waals surface area contributed by atoms with Gasteiger partial charge in [0, 0.05) is 17.2 Å². The molecule has 24 heavy (non-hydrogen) atoms. The largest absolute Gasteiger partial charge is 0.364 e. The summed E-state index contributed by atoms with van der Waals surface area (Å²) in [5, 5.41) is 4.30. The molecular formula is C19H14N4O. The molecule has 0 fully saturated rings. The van der Waals surface area contributed by atoms with Crippen molar-refractivity contribution >= 4 is 11.6 Å². The van der Waals surface area contributed by atoms with Crippen LogP contribution in [-0.2, 0) is 0 Å². The van der Waals surface area contributed by atoms with Gasteiger partial charge in [0.1, 0.15) is 0 Å². The summed E-state index contributed by atoms with van der Waals surface area (Å²) < 4.78 is 1.65. The molecule has 0 bridgehead atoms. The van der Waals surface area contributed by atoms with Crippen molar-refractivity contribution in [2.75, 3.05) is 0 Å². The van der Waals surface area contributed by atoms with Gasteiger partial charge in [-0.05, 0) is 6.07 Å². The third-order valence-corrected chi connectivity index (χ3v) is 3.82. The van der Waals surface area contributed by atoms with Crippen molar-refractivity contribution < 1.29 is 4.79 Å². The van der Waals surface area contributed by atoms with Gasteiger partial charge in [0.15, 0.2) is 11.3 Å². The molecule has 0 aliphatic carbocycles. The Bertz CT molecular complexity index is 1020. The molecule has 5 nitrogen and oxygen atoms in total. The molecule has 4 rings (SSSR count). The van der Waals surface area contributed by atoms with E-state index in [1.165, 1.54) is 0 Å². The smallest absolute Gasteiger partial charge is 0.269 e. The number of primary amides is 1. The summed E-state index contributed by atoms with van der Waals surface area (Å²) in [5.74, 6) is -0.569. The summed E-state index contributed by atoms with van der Waals surface area (Å²) in [4.78, 5) is 16.1. The molecule has 2 N–H and O–H groups in total. The predicted molar refractivity (Wildman–Crippen MR) is 92.4 cm³/mol. The van der Waals surface area contributed by atoms with Gasteiger partial charge in [0.25, 0.3) is 5.91 Å². The summed E-state index contributed by atoms with van der Waals surface area (Å²) in [7, 11) is 0. The molecule has 116 valence electrons. The maximum absolute atomic E-state index is 11.5. The highest BCUT2D eigenvalue weighted by molar-refractivity contribution is 5.92. The number of carbonyl (C=O) groups excluding carboxylic acids is 1. The first-order chi connectivity index (χ1) is 11.7. The highest BCUT2D eigenvalue weighted by atomic mass is 16.1. The Balaban J connectivity index is 2.02. The van der Waals surface area contributed by atoms with Gasteiger partial charge in [-0.1, -0.05) is 60.7 Å². The van der Waals surface area contributed by atoms with Gasteiger partial charge >= 0.3 is 0 Å². The van der Waals surface area contributed by atoms with Crippen LogP contribution >= 0.6 is 0 Å². The zero-order valence-corrected chi connectivity index (χ0v) is 12.8. The first-order valence-electron chi connectivity index (χ1n) is 7.54. The van der Waals surface area contributed by atoms with E-state index in [0.29, 0.717) is 5.65 Å². The van der Waals surface area contributed by atoms with Crippen molar-refractivity contribution in [3.05, 3.63) is 78.5 Å². The number of rotatable bonds is 3. The topological polar surface area (TPSA) is 73.3 Å². The van der Waals surface area contributed by atoms with Crippen LogP contribution in [0, 0.1) is 0 Å². The molecule has 0 aliphatic heterocycles. The molecule has 2 aromatic heterocycles. The second-order valence-electron chi connectivity index (χ2n) is 5.42. The second-order valence-corrected chi connectivity index (χ2v) is 5.42. The summed E-state index contributed by atoms with van der Waals surface area (Å²) in [5.41, 5.74) is 9.82. The van der Waals surface area contributed by atoms with Crippen LogP contribution in [0.25, 0.3) is 28.2 Å². The van der Waals surface area contributed by atoms with Crippen LogP contribution in [0.3, 0.4) is 0 Å². The second kappa shape index (κ2) is 5.62. The maximum atomic E-state index is 11.5. The molecule has 2 heterocycles. The van der Waals surface area contributed by atoms with E-state index < -0.39 is 5.91 Å². The van der Waals surface area contributed by atoms with E-state index in [2.05, 4.69) is 10.1 Å². The van der Waals surface area contributed by atoms with Crippen molar-refractivity contribution in [1.29, 1.82) is 0 Å². The van der Waals surface area contributed by atoms with Crippen LogP contribution in [0.4, 0.5) is 0 Å². The van der Waals surface area contributed by atoms with Gasteiger partial charge in [0.05, 0.1) is 11.4 Å². The molecule has 0 aliphatic rings. The first-order valence-corrected chi connectivity index (χ1v) is 7.54. The van der Waals surface area contributed by atoms with Gasteiger partial charge in [-0.2, -0.15) is 5.10 Å². The Morgan fingerprint density at radius 2 is 1.50 bits per heavy atom. The molecule has 0 saturated carbocycles. The molecule has 4 aromatic rings. The number of fused-ring (bicyclic) bond motifs is 1. The standard InChI is InChI=1S/C19H14N4O/c20-19(24)16-12-18-21-15(13-7-3-1-4-8-13)11-17(23(18)22-16)14-9-5-2-6-10-14/h1-12H,(H2,20,24). The highest BCUT2D eigenvalue weighted by Crippen LogP contribution is 2.26. The lowest BCUT2D eigenvalue weighted by Crippen LogP contribution is -2.11. The third-order valence-electron chi connectivity index (χ3n) is 3.82. The summed E-state index contributed by atoms with van der Waals surface area (Å²) in [6.07, 6.45) is 0. The number of aromatic nitrogens is 3. The average Bonchev–Trinajstić information content (AvgIpc) is 3.07. The number of nitrogens with two attached hydrogens (primary N) is 1. The molecule has 0 spiro atoms. The molecule has 1 amide bonds. The van der Waals surface area contributed by atoms with E-state index in [9.17, 15) is 4.79 Å². The fraction of sp³-hybridized carbons (Fsp3) is 0. The fourth-order valence-electron chi connectivity index (χ4n) is 2.67. The molecule has 0 atom stereocenters. The lowest BCUT2D eigenvalue weighted by atomic mass is 10.1. The van der Waals surface area contributed by atoms with Crippen molar-refractivity contribution in [3.8, 4) is 22.5 Å². The Labute approximate surface area is 138 Å². The Hall–Kier alpha value is -3.47. The number of amides is 1. The maximum Gasteiger partial charge on any atom is 0.269 e. The lowest BCUT2D eigenvalue weighted by Gasteiger charge is -2.08. The fourth-order valence-corrected chi connectivity index (χ4v) is 2.67. The minimum Gasteiger partial charge on any atom is -0.364 e. The SMILES string of the molecule is NC(=O)c1cc2nc(-c3ccccc3)cc(-c3ccccc3)n2n1. The van der Waals surface area contributed by atoms with E-state index >= 15 is 0 Å². The van der Waals surface area contributed by atoms with Gasteiger partial charge in [-0.3, -0.25) is 4.79 Å². The predicted octanol–water partition coefficient (Wildman–Crippen LogP) is 3.16. The van der Waals surface area contributed by atoms with E-state index in [-0.39, 0.29) is 5.69 Å². The average molecular weight is 314 g/mol. The van der Waals surface area contributed by atoms with Crippen molar-refractivity contribution in [3.63, 3.8) is 0 Å². The quantitative estimate of drug-likeness (QED) is 0.631. The lowest BCUT2D eigenvalue weighted by molar-refractivity contribution is 0.0995. The van der Waals surface area contributed by atoms with Gasteiger partial charge in [0.2, 0.25) is 0 Å². The molecule has 5 heteroatoms. The number of hydrogen-bond acceptors (Lipinski definition) is 3. The summed E-state index contributed by atoms with van der Waals surface area (Å²) in [6.45, 7) is 0. The van der Waals surface area contributed by atoms with E-state index in [1.54, 1.807) is 10.6 Å². The monoisotopic (exact) mass is 314 g/mol. The Kier molecular flexibility index (Phi) is 3.31. The molecular weight excluding hydrogens is 300 g/mol. The summed E-state index contributed by atoms with van der Waals surface area (Å²) in [6, 6.07) is 23.3. The number of benzene rings is 2. The van der Waals surface area contributed by atoms with Crippen LogP contribution in [0.2, 0.25) is 0 Å². The number of hydrogen-bond donors (Lipinski definition) is 1. The van der Waals surface area contributed by atoms with Crippen LogP contribution in [-0.4, -0.2) is 20.5 Å². The zero-order valence-electron chi connectivity index (χ0n) is 12.8. The van der Waals surface area contributed by atoms with Crippen LogP contribution < -0.4 is 5.73 Å². The highest BCUT2D eigenvalue weighted by Gasteiger charge is 2.14. The zero-order chi connectivity index (χ0) is 16.5. The minimum atomic E-state index is -0.569. The third kappa shape index (κ3) is 2.42. The van der Waals surface area contributed by atoms with Gasteiger partial charge in [-0.15, -0.1) is 0 Å². The number of carbonyl (C=O) groups is 1. The van der Waals surface area contributed by atoms with Gasteiger partial charge < -0.3 is 5.73 Å². The van der Waals surface area contributed by atoms with Crippen LogP contribution in [0.5, 0.6) is 0 Å². The Morgan fingerprint density at radius 1 is 0.875 bits per heavy atom. The van der Waals surface area contributed by atoms with E-state index in [1.807, 2.05) is 66.7 Å². The summed E-state index contributed by atoms with van der Waals surface area (Å²) >= 11 is 0. The molecule has 0 radical (unpaired) electrons. The van der Waals surface area contributed by atoms with Crippen molar-refractivity contribution in [1.82, 2.24) is 14.6 Å². The van der Waals surface area contributed by atoms with E-state index in [0.717, 1.165) is 22.5 Å². The van der Waals surface area contributed by atoms with Crippen molar-refractivity contribution in [2.45, 2.75) is 0 Å². The van der Waals surface area contributed by atoms with E-state index in [4.69, 9.17) is 5.73 Å². The minimum absolute atomic E-state index is 0.199. The van der Waals surface area contributed by atoms with Gasteiger partial charge in [-0.25, -0.2) is 9.50 Å². The molecule has 2 aromatic carbocycles. The normalized spacial score (nSPS) is 10.8. The number of nitrogens with zero attached hydrogens (tertiary/aromatic N) is 3.